The zero-order valence-corrected chi connectivity index (χ0v) is 19.4. The van der Waals surface area contributed by atoms with Crippen molar-refractivity contribution < 1.29 is 22.7 Å². The molecule has 0 aromatic heterocycles. The van der Waals surface area contributed by atoms with Gasteiger partial charge in [0.2, 0.25) is 15.9 Å². The van der Waals surface area contributed by atoms with Crippen LogP contribution in [0.25, 0.3) is 0 Å². The van der Waals surface area contributed by atoms with Crippen LogP contribution in [0.1, 0.15) is 32.3 Å². The summed E-state index contributed by atoms with van der Waals surface area (Å²) in [5.74, 6) is 1.05. The molecule has 0 radical (unpaired) electrons. The number of nitrogens with zero attached hydrogens (tertiary/aromatic N) is 1. The number of hydrogen-bond acceptors (Lipinski definition) is 5. The first-order valence-electron chi connectivity index (χ1n) is 10.4. The minimum atomic E-state index is -3.68. The largest absolute Gasteiger partial charge is 0.497 e. The maximum atomic E-state index is 12.9. The Morgan fingerprint density at radius 2 is 1.87 bits per heavy atom. The SMILES string of the molecule is CCOc1ccccc1CCCNC(=O)[C@@H](CC)N(c1cccc(OC)c1)S(C)(=O)=O. The van der Waals surface area contributed by atoms with Gasteiger partial charge in [-0.15, -0.1) is 0 Å². The standard InChI is InChI=1S/C23H32N2O5S/c1-5-21(25(31(4,27)28)19-13-9-14-20(17-19)29-3)23(26)24-16-10-12-18-11-7-8-15-22(18)30-6-2/h7-9,11,13-15,17,21H,5-6,10,12,16H2,1-4H3,(H,24,26)/t21-/m1/s1. The third-order valence-electron chi connectivity index (χ3n) is 4.83. The molecule has 1 N–H and O–H groups in total. The molecular weight excluding hydrogens is 416 g/mol. The molecule has 2 aromatic rings. The molecule has 0 aliphatic carbocycles. The first-order chi connectivity index (χ1) is 14.8. The van der Waals surface area contributed by atoms with Crippen molar-refractivity contribution in [3.05, 3.63) is 54.1 Å². The number of sulfonamides is 1. The van der Waals surface area contributed by atoms with Gasteiger partial charge in [-0.2, -0.15) is 0 Å². The maximum Gasteiger partial charge on any atom is 0.243 e. The van der Waals surface area contributed by atoms with Gasteiger partial charge in [-0.1, -0.05) is 31.2 Å². The average Bonchev–Trinajstić information content (AvgIpc) is 2.75. The Balaban J connectivity index is 2.07. The van der Waals surface area contributed by atoms with Gasteiger partial charge in [-0.05, 0) is 49.9 Å². The van der Waals surface area contributed by atoms with E-state index in [9.17, 15) is 13.2 Å². The highest BCUT2D eigenvalue weighted by atomic mass is 32.2. The van der Waals surface area contributed by atoms with Crippen molar-refractivity contribution in [1.82, 2.24) is 5.32 Å². The van der Waals surface area contributed by atoms with Crippen molar-refractivity contribution in [2.24, 2.45) is 0 Å². The topological polar surface area (TPSA) is 84.9 Å². The lowest BCUT2D eigenvalue weighted by Gasteiger charge is -2.30. The van der Waals surface area contributed by atoms with Crippen molar-refractivity contribution in [1.29, 1.82) is 0 Å². The quantitative estimate of drug-likeness (QED) is 0.503. The zero-order valence-electron chi connectivity index (χ0n) is 18.6. The molecule has 2 aromatic carbocycles. The Kier molecular flexibility index (Phi) is 9.18. The number of methoxy groups -OCH3 is 1. The summed E-state index contributed by atoms with van der Waals surface area (Å²) in [6.07, 6.45) is 2.90. The average molecular weight is 449 g/mol. The Morgan fingerprint density at radius 1 is 1.13 bits per heavy atom. The molecule has 1 atom stereocenters. The van der Waals surface area contributed by atoms with Crippen LogP contribution in [0.2, 0.25) is 0 Å². The van der Waals surface area contributed by atoms with Crippen LogP contribution in [-0.2, 0) is 21.2 Å². The first-order valence-corrected chi connectivity index (χ1v) is 12.3. The van der Waals surface area contributed by atoms with Crippen LogP contribution in [-0.4, -0.2) is 46.9 Å². The number of carbonyl (C=O) groups excluding carboxylic acids is 1. The molecule has 0 fully saturated rings. The van der Waals surface area contributed by atoms with Crippen LogP contribution in [0.3, 0.4) is 0 Å². The van der Waals surface area contributed by atoms with Crippen molar-refractivity contribution in [2.75, 3.05) is 30.8 Å². The molecule has 0 spiro atoms. The number of nitrogens with one attached hydrogen (secondary N) is 1. The predicted molar refractivity (Wildman–Crippen MR) is 123 cm³/mol. The molecule has 0 saturated heterocycles. The monoisotopic (exact) mass is 448 g/mol. The zero-order chi connectivity index (χ0) is 22.9. The highest BCUT2D eigenvalue weighted by Gasteiger charge is 2.31. The minimum Gasteiger partial charge on any atom is -0.497 e. The van der Waals surface area contributed by atoms with E-state index in [2.05, 4.69) is 5.32 Å². The maximum absolute atomic E-state index is 12.9. The van der Waals surface area contributed by atoms with Gasteiger partial charge < -0.3 is 14.8 Å². The summed E-state index contributed by atoms with van der Waals surface area (Å²) in [4.78, 5) is 12.9. The number of rotatable bonds is 12. The molecule has 0 aliphatic rings. The summed E-state index contributed by atoms with van der Waals surface area (Å²) in [5.41, 5.74) is 1.48. The molecule has 170 valence electrons. The Morgan fingerprint density at radius 3 is 2.52 bits per heavy atom. The summed E-state index contributed by atoms with van der Waals surface area (Å²) in [6, 6.07) is 13.7. The lowest BCUT2D eigenvalue weighted by Crippen LogP contribution is -2.49. The lowest BCUT2D eigenvalue weighted by atomic mass is 10.1. The molecule has 0 heterocycles. The van der Waals surface area contributed by atoms with E-state index >= 15 is 0 Å². The summed E-state index contributed by atoms with van der Waals surface area (Å²) in [6.45, 7) is 4.77. The van der Waals surface area contributed by atoms with E-state index in [0.717, 1.165) is 28.3 Å². The second kappa shape index (κ2) is 11.6. The Bertz CT molecular complexity index is 962. The smallest absolute Gasteiger partial charge is 0.243 e. The number of para-hydroxylation sites is 1. The van der Waals surface area contributed by atoms with Gasteiger partial charge in [-0.3, -0.25) is 9.10 Å². The third kappa shape index (κ3) is 6.89. The number of carbonyl (C=O) groups is 1. The van der Waals surface area contributed by atoms with Gasteiger partial charge in [0.05, 0.1) is 25.7 Å². The number of hydrogen-bond donors (Lipinski definition) is 1. The van der Waals surface area contributed by atoms with Crippen molar-refractivity contribution in [3.8, 4) is 11.5 Å². The fraction of sp³-hybridized carbons (Fsp3) is 0.435. The minimum absolute atomic E-state index is 0.325. The van der Waals surface area contributed by atoms with Crippen molar-refractivity contribution in [2.45, 2.75) is 39.2 Å². The van der Waals surface area contributed by atoms with Gasteiger partial charge in [0.1, 0.15) is 17.5 Å². The van der Waals surface area contributed by atoms with E-state index < -0.39 is 16.1 Å². The molecule has 7 nitrogen and oxygen atoms in total. The molecule has 31 heavy (non-hydrogen) atoms. The van der Waals surface area contributed by atoms with Gasteiger partial charge >= 0.3 is 0 Å². The number of amides is 1. The fourth-order valence-electron chi connectivity index (χ4n) is 3.42. The van der Waals surface area contributed by atoms with E-state index in [1.807, 2.05) is 31.2 Å². The second-order valence-electron chi connectivity index (χ2n) is 7.12. The van der Waals surface area contributed by atoms with Gasteiger partial charge in [0.15, 0.2) is 0 Å². The summed E-state index contributed by atoms with van der Waals surface area (Å²) < 4.78 is 37.1. The van der Waals surface area contributed by atoms with Crippen LogP contribution in [0.5, 0.6) is 11.5 Å². The van der Waals surface area contributed by atoms with Crippen LogP contribution in [0.15, 0.2) is 48.5 Å². The fourth-order valence-corrected chi connectivity index (χ4v) is 4.63. The van der Waals surface area contributed by atoms with E-state index in [1.54, 1.807) is 31.2 Å². The normalized spacial score (nSPS) is 12.1. The second-order valence-corrected chi connectivity index (χ2v) is 8.98. The van der Waals surface area contributed by atoms with Gasteiger partial charge in [-0.25, -0.2) is 8.42 Å². The van der Waals surface area contributed by atoms with E-state index in [0.29, 0.717) is 37.4 Å². The predicted octanol–water partition coefficient (Wildman–Crippen LogP) is 3.39. The van der Waals surface area contributed by atoms with Crippen molar-refractivity contribution >= 4 is 21.6 Å². The third-order valence-corrected chi connectivity index (χ3v) is 6.01. The Labute approximate surface area is 185 Å². The molecule has 1 amide bonds. The summed E-state index contributed by atoms with van der Waals surface area (Å²) >= 11 is 0. The van der Waals surface area contributed by atoms with Crippen LogP contribution in [0, 0.1) is 0 Å². The summed E-state index contributed by atoms with van der Waals surface area (Å²) in [5, 5.41) is 2.89. The molecule has 0 bridgehead atoms. The van der Waals surface area contributed by atoms with Crippen LogP contribution < -0.4 is 19.1 Å². The number of anilines is 1. The van der Waals surface area contributed by atoms with Crippen LogP contribution in [0.4, 0.5) is 5.69 Å². The Hall–Kier alpha value is -2.74. The number of ether oxygens (including phenoxy) is 2. The number of benzene rings is 2. The van der Waals surface area contributed by atoms with Gasteiger partial charge in [0, 0.05) is 12.6 Å². The number of aryl methyl sites for hydroxylation is 1. The highest BCUT2D eigenvalue weighted by molar-refractivity contribution is 7.92. The lowest BCUT2D eigenvalue weighted by molar-refractivity contribution is -0.122. The molecule has 0 saturated carbocycles. The van der Waals surface area contributed by atoms with Crippen LogP contribution >= 0.6 is 0 Å². The van der Waals surface area contributed by atoms with E-state index in [-0.39, 0.29) is 5.91 Å². The van der Waals surface area contributed by atoms with Crippen molar-refractivity contribution in [3.63, 3.8) is 0 Å². The molecule has 8 heteroatoms. The molecule has 2 rings (SSSR count). The highest BCUT2D eigenvalue weighted by Crippen LogP contribution is 2.26. The molecular formula is C23H32N2O5S. The first kappa shape index (κ1) is 24.5. The van der Waals surface area contributed by atoms with Gasteiger partial charge in [0.25, 0.3) is 0 Å². The van der Waals surface area contributed by atoms with E-state index in [4.69, 9.17) is 9.47 Å². The molecule has 0 aliphatic heterocycles. The molecule has 0 unspecified atom stereocenters. The summed E-state index contributed by atoms with van der Waals surface area (Å²) in [7, 11) is -2.17. The van der Waals surface area contributed by atoms with E-state index in [1.165, 1.54) is 7.11 Å².